The number of hydrogen-bond acceptors (Lipinski definition) is 8. The monoisotopic (exact) mass is 419 g/mol. The molecule has 0 spiro atoms. The summed E-state index contributed by atoms with van der Waals surface area (Å²) in [7, 11) is 0. The van der Waals surface area contributed by atoms with Gasteiger partial charge >= 0.3 is 0 Å². The molecule has 2 aromatic heterocycles. The van der Waals surface area contributed by atoms with Crippen molar-refractivity contribution in [3.63, 3.8) is 0 Å². The molecule has 3 unspecified atom stereocenters. The van der Waals surface area contributed by atoms with E-state index in [1.807, 2.05) is 36.3 Å². The lowest BCUT2D eigenvalue weighted by atomic mass is 9.93. The van der Waals surface area contributed by atoms with Crippen LogP contribution >= 0.6 is 23.1 Å². The van der Waals surface area contributed by atoms with Crippen LogP contribution in [0.2, 0.25) is 0 Å². The Morgan fingerprint density at radius 1 is 1.18 bits per heavy atom. The standard InChI is InChI=1S/C17H21N7O2S2/c1-16(2)11(12-19-21-22-20-12)23-14(26)10(15(23)28-16)24-13(25)9(18-17(24,3)4)8-6-5-7-27-8/h5-7,9-11,15,18H,1-4H3,(H,19,20,21,22)/t9?,10?,11?,15-/m0/s1. The predicted molar refractivity (Wildman–Crippen MR) is 104 cm³/mol. The van der Waals surface area contributed by atoms with Crippen LogP contribution in [0.5, 0.6) is 0 Å². The maximum absolute atomic E-state index is 13.3. The first-order valence-electron chi connectivity index (χ1n) is 9.10. The lowest BCUT2D eigenvalue weighted by Crippen LogP contribution is -2.71. The number of fused-ring (bicyclic) bond motifs is 1. The molecule has 148 valence electrons. The van der Waals surface area contributed by atoms with Gasteiger partial charge in [0, 0.05) is 9.62 Å². The molecular weight excluding hydrogens is 398 g/mol. The second-order valence-electron chi connectivity index (χ2n) is 8.35. The Morgan fingerprint density at radius 3 is 2.61 bits per heavy atom. The number of amides is 2. The van der Waals surface area contributed by atoms with Crippen LogP contribution < -0.4 is 5.32 Å². The maximum Gasteiger partial charge on any atom is 0.250 e. The molecule has 3 saturated heterocycles. The molecule has 2 aromatic rings. The van der Waals surface area contributed by atoms with Crippen molar-refractivity contribution < 1.29 is 9.59 Å². The van der Waals surface area contributed by atoms with Gasteiger partial charge in [0.2, 0.25) is 11.8 Å². The summed E-state index contributed by atoms with van der Waals surface area (Å²) in [6.07, 6.45) is 0. The normalized spacial score (nSPS) is 33.3. The second kappa shape index (κ2) is 5.77. The van der Waals surface area contributed by atoms with Gasteiger partial charge in [0.15, 0.2) is 5.82 Å². The number of hydrogen-bond donors (Lipinski definition) is 2. The van der Waals surface area contributed by atoms with E-state index in [1.165, 1.54) is 0 Å². The van der Waals surface area contributed by atoms with E-state index in [4.69, 9.17) is 0 Å². The lowest BCUT2D eigenvalue weighted by molar-refractivity contribution is -0.165. The summed E-state index contributed by atoms with van der Waals surface area (Å²) in [5.41, 5.74) is -0.616. The molecule has 11 heteroatoms. The number of aromatic amines is 1. The molecule has 0 aliphatic carbocycles. The molecule has 0 bridgehead atoms. The van der Waals surface area contributed by atoms with Gasteiger partial charge in [-0.1, -0.05) is 6.07 Å². The van der Waals surface area contributed by atoms with Crippen molar-refractivity contribution in [3.8, 4) is 0 Å². The fourth-order valence-corrected chi connectivity index (χ4v) is 7.04. The van der Waals surface area contributed by atoms with Crippen molar-refractivity contribution in [1.82, 2.24) is 35.7 Å². The first-order chi connectivity index (χ1) is 13.2. The summed E-state index contributed by atoms with van der Waals surface area (Å²) in [6, 6.07) is 2.74. The lowest BCUT2D eigenvalue weighted by Gasteiger charge is -2.50. The molecule has 0 saturated carbocycles. The molecule has 28 heavy (non-hydrogen) atoms. The number of tetrazole rings is 1. The zero-order valence-electron chi connectivity index (χ0n) is 15.9. The van der Waals surface area contributed by atoms with Crippen LogP contribution in [0.1, 0.15) is 50.5 Å². The van der Waals surface area contributed by atoms with Crippen LogP contribution in [0, 0.1) is 0 Å². The topological polar surface area (TPSA) is 107 Å². The molecule has 3 aliphatic heterocycles. The van der Waals surface area contributed by atoms with Gasteiger partial charge in [0.05, 0.1) is 5.66 Å². The molecule has 0 aromatic carbocycles. The van der Waals surface area contributed by atoms with Gasteiger partial charge in [-0.2, -0.15) is 0 Å². The van der Waals surface area contributed by atoms with E-state index >= 15 is 0 Å². The van der Waals surface area contributed by atoms with E-state index in [1.54, 1.807) is 28.0 Å². The third kappa shape index (κ3) is 2.32. The zero-order chi connectivity index (χ0) is 19.8. The largest absolute Gasteiger partial charge is 0.314 e. The highest BCUT2D eigenvalue weighted by molar-refractivity contribution is 8.01. The van der Waals surface area contributed by atoms with Crippen molar-refractivity contribution in [2.75, 3.05) is 0 Å². The minimum atomic E-state index is -0.616. The van der Waals surface area contributed by atoms with Gasteiger partial charge in [-0.25, -0.2) is 5.10 Å². The van der Waals surface area contributed by atoms with Crippen molar-refractivity contribution >= 4 is 34.9 Å². The maximum atomic E-state index is 13.3. The smallest absolute Gasteiger partial charge is 0.250 e. The number of nitrogens with one attached hydrogen (secondary N) is 2. The number of rotatable bonds is 3. The van der Waals surface area contributed by atoms with Crippen LogP contribution in [0.25, 0.3) is 0 Å². The Kier molecular flexibility index (Phi) is 3.72. The fourth-order valence-electron chi connectivity index (χ4n) is 4.59. The van der Waals surface area contributed by atoms with Gasteiger partial charge < -0.3 is 9.80 Å². The highest BCUT2D eigenvalue weighted by Gasteiger charge is 2.67. The van der Waals surface area contributed by atoms with Crippen LogP contribution in [-0.4, -0.2) is 64.1 Å². The number of aromatic nitrogens is 4. The number of thiophene rings is 1. The minimum absolute atomic E-state index is 0.0476. The molecular formula is C17H21N7O2S2. The van der Waals surface area contributed by atoms with E-state index < -0.39 is 17.7 Å². The first kappa shape index (κ1) is 18.1. The Labute approximate surface area is 170 Å². The summed E-state index contributed by atoms with van der Waals surface area (Å²) in [5, 5.41) is 19.4. The number of nitrogens with zero attached hydrogens (tertiary/aromatic N) is 5. The van der Waals surface area contributed by atoms with E-state index in [-0.39, 0.29) is 28.0 Å². The quantitative estimate of drug-likeness (QED) is 0.722. The number of β-lactam (4-membered cyclic amide) rings is 1. The van der Waals surface area contributed by atoms with Crippen molar-refractivity contribution in [2.24, 2.45) is 0 Å². The minimum Gasteiger partial charge on any atom is -0.314 e. The molecule has 4 atom stereocenters. The number of thioether (sulfide) groups is 1. The summed E-state index contributed by atoms with van der Waals surface area (Å²) in [5.74, 6) is 0.474. The number of carbonyl (C=O) groups excluding carboxylic acids is 2. The van der Waals surface area contributed by atoms with Crippen molar-refractivity contribution in [1.29, 1.82) is 0 Å². The highest BCUT2D eigenvalue weighted by atomic mass is 32.2. The molecule has 5 heterocycles. The SMILES string of the molecule is CC1(C)S[C@H]2C(N3C(=O)C(c4cccs4)NC3(C)C)C(=O)N2C1c1nnn[nH]1. The van der Waals surface area contributed by atoms with E-state index in [0.717, 1.165) is 4.88 Å². The molecule has 2 amide bonds. The Balaban J connectivity index is 1.47. The average molecular weight is 420 g/mol. The van der Waals surface area contributed by atoms with Gasteiger partial charge in [-0.3, -0.25) is 14.9 Å². The summed E-state index contributed by atoms with van der Waals surface area (Å²) in [4.78, 5) is 31.1. The van der Waals surface area contributed by atoms with E-state index in [0.29, 0.717) is 5.82 Å². The Hall–Kier alpha value is -1.98. The number of carbonyl (C=O) groups is 2. The average Bonchev–Trinajstić information content (AvgIpc) is 3.38. The van der Waals surface area contributed by atoms with E-state index in [2.05, 4.69) is 39.8 Å². The summed E-state index contributed by atoms with van der Waals surface area (Å²) < 4.78 is -0.274. The first-order valence-corrected chi connectivity index (χ1v) is 10.9. The fraction of sp³-hybridized carbons (Fsp3) is 0.588. The number of H-pyrrole nitrogens is 1. The molecule has 3 fully saturated rings. The third-order valence-corrected chi connectivity index (χ3v) is 8.22. The van der Waals surface area contributed by atoms with Crippen LogP contribution in [0.4, 0.5) is 0 Å². The predicted octanol–water partition coefficient (Wildman–Crippen LogP) is 1.27. The second-order valence-corrected chi connectivity index (χ2v) is 11.1. The zero-order valence-corrected chi connectivity index (χ0v) is 17.5. The van der Waals surface area contributed by atoms with Crippen LogP contribution in [0.3, 0.4) is 0 Å². The Bertz CT molecular complexity index is 927. The van der Waals surface area contributed by atoms with Crippen LogP contribution in [0.15, 0.2) is 17.5 Å². The van der Waals surface area contributed by atoms with Crippen molar-refractivity contribution in [3.05, 3.63) is 28.2 Å². The highest BCUT2D eigenvalue weighted by Crippen LogP contribution is 2.58. The van der Waals surface area contributed by atoms with Gasteiger partial charge in [-0.15, -0.1) is 28.2 Å². The Morgan fingerprint density at radius 2 is 1.96 bits per heavy atom. The molecule has 9 nitrogen and oxygen atoms in total. The molecule has 2 N–H and O–H groups in total. The summed E-state index contributed by atoms with van der Waals surface area (Å²) >= 11 is 3.24. The molecule has 3 aliphatic rings. The van der Waals surface area contributed by atoms with Gasteiger partial charge in [0.1, 0.15) is 23.5 Å². The third-order valence-electron chi connectivity index (χ3n) is 5.72. The molecule has 5 rings (SSSR count). The summed E-state index contributed by atoms with van der Waals surface area (Å²) in [6.45, 7) is 8.07. The van der Waals surface area contributed by atoms with Gasteiger partial charge in [-0.05, 0) is 49.6 Å². The van der Waals surface area contributed by atoms with Crippen molar-refractivity contribution in [2.45, 2.75) is 61.6 Å². The molecule has 0 radical (unpaired) electrons. The van der Waals surface area contributed by atoms with Gasteiger partial charge in [0.25, 0.3) is 0 Å². The van der Waals surface area contributed by atoms with E-state index in [9.17, 15) is 9.59 Å². The van der Waals surface area contributed by atoms with Crippen LogP contribution in [-0.2, 0) is 9.59 Å².